The number of rotatable bonds is 14. The van der Waals surface area contributed by atoms with Crippen molar-refractivity contribution in [3.8, 4) is 0 Å². The van der Waals surface area contributed by atoms with Crippen LogP contribution >= 0.6 is 0 Å². The summed E-state index contributed by atoms with van der Waals surface area (Å²) in [5.41, 5.74) is 21.2. The van der Waals surface area contributed by atoms with Crippen molar-refractivity contribution in [2.24, 2.45) is 0 Å². The van der Waals surface area contributed by atoms with E-state index in [0.717, 1.165) is 131 Å². The van der Waals surface area contributed by atoms with Crippen molar-refractivity contribution in [3.63, 3.8) is 0 Å². The fourth-order valence-corrected chi connectivity index (χ4v) is 17.1. The fraction of sp³-hybridized carbons (Fsp3) is 0.228. The Bertz CT molecular complexity index is 5380. The van der Waals surface area contributed by atoms with Crippen molar-refractivity contribution in [1.82, 2.24) is 14.4 Å². The first kappa shape index (κ1) is 61.8. The highest BCUT2D eigenvalue weighted by Gasteiger charge is 2.33. The van der Waals surface area contributed by atoms with Gasteiger partial charge in [-0.3, -0.25) is 14.6 Å². The minimum absolute atomic E-state index is 0.104. The molecule has 0 spiro atoms. The SMILES string of the molecule is C1=C(CCN2CCOCC2)c2ccccc2/C1=C/c1c2cccc3c2c2c4c5c(cccc5c5ccccc5c14)CC2CC3.C1=C(CCN2CCOCC2)c2ccccc2/C1=C/c1cccc2ccccc12.CCCCCn1cc(C(=O)c2cccc3ccccc23)c2ccccc21. The molecule has 13 aromatic rings. The van der Waals surface area contributed by atoms with Crippen LogP contribution < -0.4 is 0 Å². The molecule has 98 heavy (non-hydrogen) atoms. The van der Waals surface area contributed by atoms with E-state index in [-0.39, 0.29) is 5.78 Å². The first-order chi connectivity index (χ1) is 48.5. The maximum atomic E-state index is 13.4. The van der Waals surface area contributed by atoms with Crippen LogP contribution in [0.25, 0.3) is 110 Å². The fourth-order valence-electron chi connectivity index (χ4n) is 17.1. The largest absolute Gasteiger partial charge is 0.379 e. The third-order valence-electron chi connectivity index (χ3n) is 22.0. The molecule has 19 rings (SSSR count). The summed E-state index contributed by atoms with van der Waals surface area (Å²) in [4.78, 5) is 18.5. The van der Waals surface area contributed by atoms with Crippen molar-refractivity contribution >= 4 is 116 Å². The van der Waals surface area contributed by atoms with Gasteiger partial charge in [-0.25, -0.2) is 0 Å². The second-order valence-electron chi connectivity index (χ2n) is 27.7. The van der Waals surface area contributed by atoms with Crippen LogP contribution in [0, 0.1) is 0 Å². The number of fused-ring (bicyclic) bond motifs is 8. The summed E-state index contributed by atoms with van der Waals surface area (Å²) in [7, 11) is 0. The van der Waals surface area contributed by atoms with Crippen LogP contribution in [0.1, 0.15) is 117 Å². The standard InChI is InChI=1S/C42H35NO.C26H25NO.C24H23NO/c1-2-10-32-30(23-27(31(32)9-1)17-18-43-19-21-44-22-20-43)25-37-36-14-5-7-26-15-16-29-24-28-8-6-13-34-33-11-3-4-12-35(33)41(37)42(39(28)34)40(29)38(26)36;1-2-9-24-20(6-1)7-5-8-21(24)18-23-19-22(25-10-3-4-11-26(23)25)12-13-27-14-16-28-17-15-27;1-2-3-8-16-25-17-22(20-13-6-7-15-23(20)25)24(26)21-14-9-11-18-10-4-5-12-19(18)21/h1-14,23,25,29H,15-22,24H2;1-11,18-19H,12-17H2;4-7,9-15,17H,2-3,8,16H2,1H3/b30-25+;23-18+;. The number of nitrogens with zero attached hydrogens (tertiary/aromatic N) is 3. The molecule has 0 radical (unpaired) electrons. The van der Waals surface area contributed by atoms with Crippen LogP contribution in [-0.2, 0) is 28.9 Å². The Labute approximate surface area is 575 Å². The highest BCUT2D eigenvalue weighted by Crippen LogP contribution is 2.54. The van der Waals surface area contributed by atoms with Gasteiger partial charge in [0.15, 0.2) is 5.78 Å². The first-order valence-corrected chi connectivity index (χ1v) is 36.1. The molecule has 2 saturated heterocycles. The van der Waals surface area contributed by atoms with E-state index in [4.69, 9.17) is 9.47 Å². The van der Waals surface area contributed by atoms with Crippen LogP contribution in [0.5, 0.6) is 0 Å². The van der Waals surface area contributed by atoms with Gasteiger partial charge in [0.1, 0.15) is 0 Å². The first-order valence-electron chi connectivity index (χ1n) is 36.1. The maximum Gasteiger partial charge on any atom is 0.195 e. The lowest BCUT2D eigenvalue weighted by atomic mass is 9.69. The van der Waals surface area contributed by atoms with Crippen LogP contribution in [0.15, 0.2) is 237 Å². The Balaban J connectivity index is 0.000000117. The number of hydrogen-bond acceptors (Lipinski definition) is 5. The number of para-hydroxylation sites is 1. The number of aryl methyl sites for hydroxylation is 2. The molecule has 0 bridgehead atoms. The van der Waals surface area contributed by atoms with Gasteiger partial charge in [-0.1, -0.05) is 244 Å². The number of hydrogen-bond donors (Lipinski definition) is 0. The van der Waals surface area contributed by atoms with Gasteiger partial charge in [0, 0.05) is 74.0 Å². The van der Waals surface area contributed by atoms with E-state index in [1.54, 1.807) is 5.56 Å². The van der Waals surface area contributed by atoms with Crippen molar-refractivity contribution in [2.75, 3.05) is 65.7 Å². The van der Waals surface area contributed by atoms with Crippen LogP contribution in [0.2, 0.25) is 0 Å². The van der Waals surface area contributed by atoms with Crippen molar-refractivity contribution in [1.29, 1.82) is 0 Å². The molecule has 0 amide bonds. The third kappa shape index (κ3) is 11.6. The molecule has 1 unspecified atom stereocenters. The number of carbonyl (C=O) groups excluding carboxylic acids is 1. The van der Waals surface area contributed by atoms with Crippen LogP contribution in [0.4, 0.5) is 0 Å². The molecule has 6 heteroatoms. The average molecular weight is 1280 g/mol. The van der Waals surface area contributed by atoms with Crippen molar-refractivity contribution < 1.29 is 14.3 Å². The number of allylic oxidation sites excluding steroid dienone is 4. The van der Waals surface area contributed by atoms with E-state index in [9.17, 15) is 4.79 Å². The number of ketones is 1. The molecule has 6 nitrogen and oxygen atoms in total. The Morgan fingerprint density at radius 1 is 0.449 bits per heavy atom. The average Bonchev–Trinajstić information content (AvgIpc) is 0.991. The van der Waals surface area contributed by atoms with Crippen LogP contribution in [0.3, 0.4) is 0 Å². The summed E-state index contributed by atoms with van der Waals surface area (Å²) in [5.74, 6) is 0.696. The van der Waals surface area contributed by atoms with E-state index < -0.39 is 0 Å². The van der Waals surface area contributed by atoms with Gasteiger partial charge in [0.05, 0.1) is 26.4 Å². The number of aromatic nitrogens is 1. The minimum Gasteiger partial charge on any atom is -0.379 e. The number of benzene rings is 12. The predicted molar refractivity (Wildman–Crippen MR) is 412 cm³/mol. The van der Waals surface area contributed by atoms with Gasteiger partial charge in [-0.05, 0) is 200 Å². The molecule has 0 saturated carbocycles. The van der Waals surface area contributed by atoms with Crippen molar-refractivity contribution in [2.45, 2.75) is 70.8 Å². The molecule has 1 aromatic heterocycles. The van der Waals surface area contributed by atoms with Gasteiger partial charge in [0.25, 0.3) is 0 Å². The van der Waals surface area contributed by atoms with E-state index in [1.165, 1.54) is 146 Å². The summed E-state index contributed by atoms with van der Waals surface area (Å²) in [5, 5.41) is 17.4. The summed E-state index contributed by atoms with van der Waals surface area (Å²) in [6.45, 7) is 13.0. The molecule has 2 fully saturated rings. The third-order valence-corrected chi connectivity index (χ3v) is 22.0. The Morgan fingerprint density at radius 2 is 0.980 bits per heavy atom. The molecule has 4 aliphatic carbocycles. The second kappa shape index (κ2) is 27.3. The maximum absolute atomic E-state index is 13.4. The molecule has 3 heterocycles. The molecule has 1 atom stereocenters. The highest BCUT2D eigenvalue weighted by molar-refractivity contribution is 6.33. The zero-order chi connectivity index (χ0) is 65.5. The number of ether oxygens (including phenoxy) is 2. The van der Waals surface area contributed by atoms with E-state index in [1.807, 2.05) is 48.7 Å². The lowest BCUT2D eigenvalue weighted by Gasteiger charge is -2.34. The number of morpholine rings is 2. The monoisotopic (exact) mass is 1280 g/mol. The predicted octanol–water partition coefficient (Wildman–Crippen LogP) is 21.3. The normalized spacial score (nSPS) is 17.3. The van der Waals surface area contributed by atoms with Gasteiger partial charge in [-0.2, -0.15) is 0 Å². The van der Waals surface area contributed by atoms with E-state index in [2.05, 4.69) is 222 Å². The minimum atomic E-state index is 0.104. The lowest BCUT2D eigenvalue weighted by Crippen LogP contribution is -2.36. The van der Waals surface area contributed by atoms with E-state index >= 15 is 0 Å². The zero-order valence-electron chi connectivity index (χ0n) is 56.3. The highest BCUT2D eigenvalue weighted by atomic mass is 16.5. The second-order valence-corrected chi connectivity index (χ2v) is 27.7. The summed E-state index contributed by atoms with van der Waals surface area (Å²) < 4.78 is 13.3. The molecule has 12 aromatic carbocycles. The topological polar surface area (TPSA) is 46.9 Å². The van der Waals surface area contributed by atoms with Crippen LogP contribution in [-0.4, -0.2) is 85.8 Å². The summed E-state index contributed by atoms with van der Waals surface area (Å²) in [6, 6.07) is 78.7. The summed E-state index contributed by atoms with van der Waals surface area (Å²) in [6.07, 6.45) is 21.1. The van der Waals surface area contributed by atoms with Gasteiger partial charge in [0.2, 0.25) is 0 Å². The molecule has 484 valence electrons. The molecular weight excluding hydrogens is 1200 g/mol. The molecule has 0 N–H and O–H groups in total. The van der Waals surface area contributed by atoms with Gasteiger partial charge >= 0.3 is 0 Å². The van der Waals surface area contributed by atoms with Gasteiger partial charge in [-0.15, -0.1) is 0 Å². The molecular formula is C92H83N3O3. The Hall–Kier alpha value is -9.79. The number of carbonyl (C=O) groups is 1. The van der Waals surface area contributed by atoms with E-state index in [0.29, 0.717) is 5.92 Å². The Morgan fingerprint density at radius 3 is 1.67 bits per heavy atom. The smallest absolute Gasteiger partial charge is 0.195 e. The van der Waals surface area contributed by atoms with Gasteiger partial charge < -0.3 is 14.0 Å². The molecule has 2 aliphatic heterocycles. The zero-order valence-corrected chi connectivity index (χ0v) is 56.3. The molecule has 6 aliphatic rings. The quantitative estimate of drug-likeness (QED) is 0.0470. The van der Waals surface area contributed by atoms with Crippen molar-refractivity contribution in [3.05, 3.63) is 298 Å². The summed E-state index contributed by atoms with van der Waals surface area (Å²) >= 11 is 0. The lowest BCUT2D eigenvalue weighted by molar-refractivity contribution is 0.0389. The Kier molecular flexibility index (Phi) is 17.2. The number of unbranched alkanes of at least 4 members (excludes halogenated alkanes) is 2.